The van der Waals surface area contributed by atoms with Crippen LogP contribution >= 0.6 is 11.6 Å². The number of hydrogen-bond acceptors (Lipinski definition) is 5. The van der Waals surface area contributed by atoms with Crippen LogP contribution in [0.25, 0.3) is 11.0 Å². The summed E-state index contributed by atoms with van der Waals surface area (Å²) >= 11 is 6.19. The molecule has 0 aliphatic rings. The number of primary amides is 1. The Labute approximate surface area is 166 Å². The summed E-state index contributed by atoms with van der Waals surface area (Å²) < 4.78 is 10.5. The Kier molecular flexibility index (Phi) is 5.70. The highest BCUT2D eigenvalue weighted by molar-refractivity contribution is 6.32. The van der Waals surface area contributed by atoms with Gasteiger partial charge in [-0.05, 0) is 31.2 Å². The van der Waals surface area contributed by atoms with Crippen molar-refractivity contribution < 1.29 is 19.1 Å². The normalized spacial score (nSPS) is 11.8. The van der Waals surface area contributed by atoms with Crippen LogP contribution in [0.2, 0.25) is 5.02 Å². The summed E-state index contributed by atoms with van der Waals surface area (Å²) in [5.74, 6) is -0.0247. The molecule has 1 unspecified atom stereocenters. The number of carbonyl (C=O) groups is 2. The van der Waals surface area contributed by atoms with Crippen LogP contribution in [0.4, 0.5) is 0 Å². The molecule has 28 heavy (non-hydrogen) atoms. The molecule has 0 spiro atoms. The third-order valence-corrected chi connectivity index (χ3v) is 4.30. The van der Waals surface area contributed by atoms with E-state index >= 15 is 0 Å². The number of halogens is 1. The second-order valence-corrected chi connectivity index (χ2v) is 6.49. The number of fused-ring (bicyclic) bond motifs is 1. The second kappa shape index (κ2) is 8.18. The zero-order chi connectivity index (χ0) is 20.3. The largest absolute Gasteiger partial charge is 0.493 e. The van der Waals surface area contributed by atoms with Crippen LogP contribution in [-0.2, 0) is 4.79 Å². The predicted octanol–water partition coefficient (Wildman–Crippen LogP) is 2.58. The number of benzene rings is 2. The van der Waals surface area contributed by atoms with Gasteiger partial charge in [-0.2, -0.15) is 0 Å². The van der Waals surface area contributed by atoms with Crippen molar-refractivity contribution in [1.82, 2.24) is 15.3 Å². The van der Waals surface area contributed by atoms with Crippen LogP contribution in [0, 0.1) is 0 Å². The number of rotatable bonds is 7. The zero-order valence-electron chi connectivity index (χ0n) is 15.3. The molecule has 3 aromatic rings. The molecule has 8 nitrogen and oxygen atoms in total. The average molecular weight is 403 g/mol. The van der Waals surface area contributed by atoms with Gasteiger partial charge in [-0.15, -0.1) is 0 Å². The molecule has 9 heteroatoms. The van der Waals surface area contributed by atoms with Crippen LogP contribution in [0.3, 0.4) is 0 Å². The lowest BCUT2D eigenvalue weighted by atomic mass is 10.1. The molecule has 0 fully saturated rings. The van der Waals surface area contributed by atoms with E-state index in [1.807, 2.05) is 31.2 Å². The number of imidazole rings is 1. The fraction of sp³-hybridized carbons (Fsp3) is 0.211. The summed E-state index contributed by atoms with van der Waals surface area (Å²) in [4.78, 5) is 31.2. The summed E-state index contributed by atoms with van der Waals surface area (Å²) in [5, 5.41) is 2.99. The van der Waals surface area contributed by atoms with E-state index in [2.05, 4.69) is 15.3 Å². The maximum atomic E-state index is 12.7. The molecule has 0 saturated heterocycles. The van der Waals surface area contributed by atoms with Crippen LogP contribution in [-0.4, -0.2) is 35.5 Å². The number of nitrogens with two attached hydrogens (primary N) is 1. The van der Waals surface area contributed by atoms with Crippen molar-refractivity contribution in [3.05, 3.63) is 52.8 Å². The third-order valence-electron chi connectivity index (χ3n) is 4.02. The van der Waals surface area contributed by atoms with Gasteiger partial charge in [-0.3, -0.25) is 9.59 Å². The average Bonchev–Trinajstić information content (AvgIpc) is 3.10. The predicted molar refractivity (Wildman–Crippen MR) is 105 cm³/mol. The lowest BCUT2D eigenvalue weighted by molar-refractivity contribution is -0.119. The monoisotopic (exact) mass is 402 g/mol. The Morgan fingerprint density at radius 1 is 1.32 bits per heavy atom. The summed E-state index contributed by atoms with van der Waals surface area (Å²) in [6.07, 6.45) is 0. The highest BCUT2D eigenvalue weighted by Crippen LogP contribution is 2.36. The smallest absolute Gasteiger partial charge is 0.255 e. The van der Waals surface area contributed by atoms with Gasteiger partial charge in [0, 0.05) is 5.56 Å². The summed E-state index contributed by atoms with van der Waals surface area (Å²) in [6.45, 7) is 1.46. The van der Waals surface area contributed by atoms with Crippen molar-refractivity contribution in [1.29, 1.82) is 0 Å². The summed E-state index contributed by atoms with van der Waals surface area (Å²) in [6, 6.07) is 10.1. The Morgan fingerprint density at radius 2 is 2.07 bits per heavy atom. The molecule has 1 atom stereocenters. The number of H-pyrrole nitrogens is 1. The molecule has 0 bridgehead atoms. The van der Waals surface area contributed by atoms with Crippen molar-refractivity contribution in [3.63, 3.8) is 0 Å². The first-order valence-corrected chi connectivity index (χ1v) is 8.81. The fourth-order valence-electron chi connectivity index (χ4n) is 2.66. The van der Waals surface area contributed by atoms with E-state index in [1.165, 1.54) is 19.2 Å². The van der Waals surface area contributed by atoms with Crippen molar-refractivity contribution in [2.75, 3.05) is 13.7 Å². The van der Waals surface area contributed by atoms with E-state index < -0.39 is 5.91 Å². The molecular weight excluding hydrogens is 384 g/mol. The van der Waals surface area contributed by atoms with Crippen molar-refractivity contribution >= 4 is 34.4 Å². The summed E-state index contributed by atoms with van der Waals surface area (Å²) in [7, 11) is 1.40. The Balaban J connectivity index is 1.79. The van der Waals surface area contributed by atoms with Gasteiger partial charge in [0.05, 0.1) is 29.2 Å². The Morgan fingerprint density at radius 3 is 2.75 bits per heavy atom. The molecule has 0 saturated carbocycles. The van der Waals surface area contributed by atoms with Gasteiger partial charge in [0.2, 0.25) is 0 Å². The van der Waals surface area contributed by atoms with Crippen LogP contribution in [0.5, 0.6) is 11.5 Å². The van der Waals surface area contributed by atoms with Crippen LogP contribution in [0.1, 0.15) is 29.1 Å². The lowest BCUT2D eigenvalue weighted by Crippen LogP contribution is -2.27. The number of nitrogens with zero attached hydrogens (tertiary/aromatic N) is 1. The molecule has 4 N–H and O–H groups in total. The van der Waals surface area contributed by atoms with Gasteiger partial charge in [0.1, 0.15) is 5.82 Å². The number of ether oxygens (including phenoxy) is 2. The minimum Gasteiger partial charge on any atom is -0.493 e. The van der Waals surface area contributed by atoms with E-state index in [4.69, 9.17) is 26.8 Å². The number of para-hydroxylation sites is 2. The van der Waals surface area contributed by atoms with E-state index in [0.29, 0.717) is 5.82 Å². The van der Waals surface area contributed by atoms with E-state index in [1.54, 1.807) is 0 Å². The van der Waals surface area contributed by atoms with E-state index in [-0.39, 0.29) is 40.6 Å². The van der Waals surface area contributed by atoms with Gasteiger partial charge in [-0.1, -0.05) is 23.7 Å². The van der Waals surface area contributed by atoms with Crippen LogP contribution in [0.15, 0.2) is 36.4 Å². The maximum Gasteiger partial charge on any atom is 0.255 e. The highest BCUT2D eigenvalue weighted by Gasteiger charge is 2.19. The van der Waals surface area contributed by atoms with Gasteiger partial charge < -0.3 is 25.5 Å². The van der Waals surface area contributed by atoms with Gasteiger partial charge in [0.25, 0.3) is 11.8 Å². The van der Waals surface area contributed by atoms with Gasteiger partial charge in [-0.25, -0.2) is 4.98 Å². The molecule has 0 aliphatic carbocycles. The number of aromatic nitrogens is 2. The first kappa shape index (κ1) is 19.5. The quantitative estimate of drug-likeness (QED) is 0.561. The Bertz CT molecular complexity index is 1000. The number of amides is 2. The van der Waals surface area contributed by atoms with Crippen molar-refractivity contribution in [3.8, 4) is 11.5 Å². The maximum absolute atomic E-state index is 12.7. The third kappa shape index (κ3) is 4.17. The SMILES string of the molecule is COc1cc(C(=O)NC(C)c2nc3ccccc3[nH]2)cc(Cl)c1OCC(N)=O. The molecule has 2 aromatic carbocycles. The number of nitrogens with one attached hydrogen (secondary N) is 2. The number of methoxy groups -OCH3 is 1. The van der Waals surface area contributed by atoms with Crippen LogP contribution < -0.4 is 20.5 Å². The molecule has 0 aliphatic heterocycles. The van der Waals surface area contributed by atoms with Gasteiger partial charge in [0.15, 0.2) is 18.1 Å². The fourth-order valence-corrected chi connectivity index (χ4v) is 2.93. The number of carbonyl (C=O) groups excluding carboxylic acids is 2. The standard InChI is InChI=1S/C19H19ClN4O4/c1-10(18-23-13-5-3-4-6-14(13)24-18)22-19(26)11-7-12(20)17(15(8-11)27-2)28-9-16(21)25/h3-8,10H,9H2,1-2H3,(H2,21,25)(H,22,26)(H,23,24). The molecule has 1 aromatic heterocycles. The van der Waals surface area contributed by atoms with Crippen molar-refractivity contribution in [2.24, 2.45) is 5.73 Å². The second-order valence-electron chi connectivity index (χ2n) is 6.08. The molecule has 146 valence electrons. The number of aromatic amines is 1. The molecule has 2 amide bonds. The summed E-state index contributed by atoms with van der Waals surface area (Å²) in [5.41, 5.74) is 7.06. The minimum absolute atomic E-state index is 0.127. The Hall–Kier alpha value is -3.26. The van der Waals surface area contributed by atoms with E-state index in [0.717, 1.165) is 11.0 Å². The van der Waals surface area contributed by atoms with E-state index in [9.17, 15) is 9.59 Å². The molecule has 3 rings (SSSR count). The first-order chi connectivity index (χ1) is 13.4. The molecule has 0 radical (unpaired) electrons. The highest BCUT2D eigenvalue weighted by atomic mass is 35.5. The topological polar surface area (TPSA) is 119 Å². The zero-order valence-corrected chi connectivity index (χ0v) is 16.0. The van der Waals surface area contributed by atoms with Gasteiger partial charge >= 0.3 is 0 Å². The minimum atomic E-state index is -0.653. The van der Waals surface area contributed by atoms with Crippen molar-refractivity contribution in [2.45, 2.75) is 13.0 Å². The molecular formula is C19H19ClN4O4. The first-order valence-electron chi connectivity index (χ1n) is 8.43. The number of hydrogen-bond donors (Lipinski definition) is 3. The lowest BCUT2D eigenvalue weighted by Gasteiger charge is -2.15. The molecule has 1 heterocycles.